The van der Waals surface area contributed by atoms with Gasteiger partial charge in [-0.3, -0.25) is 9.59 Å². The Morgan fingerprint density at radius 2 is 2.32 bits per heavy atom. The number of amides is 2. The summed E-state index contributed by atoms with van der Waals surface area (Å²) in [5, 5.41) is 4.40. The number of carbonyl (C=O) groups excluding carboxylic acids is 2. The summed E-state index contributed by atoms with van der Waals surface area (Å²) in [6, 6.07) is 3.86. The Hall–Kier alpha value is -1.18. The van der Waals surface area contributed by atoms with E-state index in [4.69, 9.17) is 23.8 Å². The Morgan fingerprint density at radius 1 is 1.58 bits per heavy atom. The van der Waals surface area contributed by atoms with E-state index < -0.39 is 11.1 Å². The summed E-state index contributed by atoms with van der Waals surface area (Å²) in [6.45, 7) is 0. The van der Waals surface area contributed by atoms with Crippen LogP contribution in [0.15, 0.2) is 18.2 Å². The normalized spacial score (nSPS) is 18.3. The molecule has 1 aromatic carbocycles. The van der Waals surface area contributed by atoms with Gasteiger partial charge in [-0.15, -0.1) is 0 Å². The summed E-state index contributed by atoms with van der Waals surface area (Å²) < 4.78 is 13.3. The maximum Gasteiger partial charge on any atom is 0.239 e. The number of anilines is 1. The van der Waals surface area contributed by atoms with Crippen molar-refractivity contribution in [2.75, 3.05) is 5.32 Å². The fraction of sp³-hybridized carbons (Fsp3) is 0.182. The van der Waals surface area contributed by atoms with E-state index in [9.17, 15) is 14.0 Å². The van der Waals surface area contributed by atoms with Crippen molar-refractivity contribution in [3.05, 3.63) is 29.0 Å². The summed E-state index contributed by atoms with van der Waals surface area (Å²) in [5.74, 6) is -1.20. The van der Waals surface area contributed by atoms with E-state index in [0.717, 1.165) is 17.8 Å². The van der Waals surface area contributed by atoms with Gasteiger partial charge >= 0.3 is 0 Å². The van der Waals surface area contributed by atoms with Crippen LogP contribution in [0.25, 0.3) is 0 Å². The van der Waals surface area contributed by atoms with Crippen LogP contribution < -0.4 is 10.6 Å². The summed E-state index contributed by atoms with van der Waals surface area (Å²) >= 11 is 11.6. The van der Waals surface area contributed by atoms with Crippen LogP contribution in [0.3, 0.4) is 0 Å². The predicted molar refractivity (Wildman–Crippen MR) is 76.8 cm³/mol. The van der Waals surface area contributed by atoms with Crippen molar-refractivity contribution in [1.29, 1.82) is 0 Å². The van der Waals surface area contributed by atoms with Crippen molar-refractivity contribution in [2.24, 2.45) is 0 Å². The van der Waals surface area contributed by atoms with Crippen LogP contribution >= 0.6 is 35.6 Å². The van der Waals surface area contributed by atoms with Crippen molar-refractivity contribution >= 4 is 57.4 Å². The molecule has 4 nitrogen and oxygen atoms in total. The van der Waals surface area contributed by atoms with Crippen molar-refractivity contribution in [3.63, 3.8) is 0 Å². The van der Waals surface area contributed by atoms with E-state index in [1.807, 2.05) is 0 Å². The van der Waals surface area contributed by atoms with E-state index in [1.54, 1.807) is 0 Å². The van der Waals surface area contributed by atoms with Crippen LogP contribution in [0.5, 0.6) is 0 Å². The summed E-state index contributed by atoms with van der Waals surface area (Å²) in [5.41, 5.74) is 0.377. The number of thiocarbonyl (C=S) groups is 1. The lowest BCUT2D eigenvalue weighted by atomic mass is 10.2. The molecule has 1 aliphatic heterocycles. The molecule has 1 atom stereocenters. The highest BCUT2D eigenvalue weighted by atomic mass is 35.5. The van der Waals surface area contributed by atoms with E-state index >= 15 is 0 Å². The standard InChI is InChI=1S/C11H8ClFN2O2S2/c12-6-3-5(1-2-7(6)13)14-9(16)4-8-10(17)15-11(18)19-8/h1-3,8H,4H2,(H,14,16)(H,15,17,18)/t8-/m1/s1. The second-order valence-electron chi connectivity index (χ2n) is 3.76. The van der Waals surface area contributed by atoms with Crippen molar-refractivity contribution in [2.45, 2.75) is 11.7 Å². The molecule has 0 aromatic heterocycles. The average Bonchev–Trinajstić information content (AvgIpc) is 2.62. The Morgan fingerprint density at radius 3 is 2.89 bits per heavy atom. The SMILES string of the molecule is O=C(C[C@H]1SC(=S)NC1=O)Nc1ccc(F)c(Cl)c1. The zero-order chi connectivity index (χ0) is 14.0. The molecular formula is C11H8ClFN2O2S2. The second-order valence-corrected chi connectivity index (χ2v) is 6.05. The van der Waals surface area contributed by atoms with Gasteiger partial charge in [-0.05, 0) is 18.2 Å². The summed E-state index contributed by atoms with van der Waals surface area (Å²) in [6.07, 6.45) is -0.00830. The molecule has 0 radical (unpaired) electrons. The van der Waals surface area contributed by atoms with Crippen LogP contribution in [0.2, 0.25) is 5.02 Å². The highest BCUT2D eigenvalue weighted by Gasteiger charge is 2.30. The van der Waals surface area contributed by atoms with Crippen molar-refractivity contribution in [1.82, 2.24) is 5.32 Å². The van der Waals surface area contributed by atoms with Gasteiger partial charge in [0.1, 0.15) is 10.1 Å². The van der Waals surface area contributed by atoms with Crippen LogP contribution in [0.4, 0.5) is 10.1 Å². The molecular weight excluding hydrogens is 311 g/mol. The topological polar surface area (TPSA) is 58.2 Å². The molecule has 0 saturated carbocycles. The highest BCUT2D eigenvalue weighted by molar-refractivity contribution is 8.24. The lowest BCUT2D eigenvalue weighted by molar-refractivity contribution is -0.122. The minimum absolute atomic E-state index is 0.00830. The van der Waals surface area contributed by atoms with Gasteiger partial charge in [0.2, 0.25) is 11.8 Å². The number of carbonyl (C=O) groups is 2. The van der Waals surface area contributed by atoms with Gasteiger partial charge in [0.25, 0.3) is 0 Å². The molecule has 19 heavy (non-hydrogen) atoms. The smallest absolute Gasteiger partial charge is 0.239 e. The van der Waals surface area contributed by atoms with Gasteiger partial charge in [-0.25, -0.2) is 4.39 Å². The molecule has 2 amide bonds. The van der Waals surface area contributed by atoms with Crippen LogP contribution in [-0.2, 0) is 9.59 Å². The van der Waals surface area contributed by atoms with Gasteiger partial charge in [-0.2, -0.15) is 0 Å². The number of hydrogen-bond donors (Lipinski definition) is 2. The van der Waals surface area contributed by atoms with E-state index in [-0.39, 0.29) is 23.3 Å². The predicted octanol–water partition coefficient (Wildman–Crippen LogP) is 2.32. The number of nitrogens with one attached hydrogen (secondary N) is 2. The molecule has 0 spiro atoms. The third-order valence-corrected chi connectivity index (χ3v) is 4.00. The maximum atomic E-state index is 12.9. The number of halogens is 2. The molecule has 2 rings (SSSR count). The van der Waals surface area contributed by atoms with Crippen LogP contribution in [0, 0.1) is 5.82 Å². The lowest BCUT2D eigenvalue weighted by Gasteiger charge is -2.08. The molecule has 8 heteroatoms. The molecule has 0 aliphatic carbocycles. The first kappa shape index (κ1) is 14.2. The number of benzene rings is 1. The number of thioether (sulfide) groups is 1. The monoisotopic (exact) mass is 318 g/mol. The Kier molecular flexibility index (Phi) is 4.38. The first-order valence-electron chi connectivity index (χ1n) is 5.22. The van der Waals surface area contributed by atoms with Gasteiger partial charge in [0.15, 0.2) is 0 Å². The third kappa shape index (κ3) is 3.65. The summed E-state index contributed by atoms with van der Waals surface area (Å²) in [7, 11) is 0. The molecule has 1 fully saturated rings. The van der Waals surface area contributed by atoms with Crippen molar-refractivity contribution < 1.29 is 14.0 Å². The lowest BCUT2D eigenvalue weighted by Crippen LogP contribution is -2.27. The highest BCUT2D eigenvalue weighted by Crippen LogP contribution is 2.23. The Bertz CT molecular complexity index is 568. The molecule has 0 bridgehead atoms. The second kappa shape index (κ2) is 5.85. The number of hydrogen-bond acceptors (Lipinski definition) is 4. The van der Waals surface area contributed by atoms with Gasteiger partial charge in [0.05, 0.1) is 10.3 Å². The third-order valence-electron chi connectivity index (χ3n) is 2.34. The quantitative estimate of drug-likeness (QED) is 0.840. The van der Waals surface area contributed by atoms with Crippen LogP contribution in [0.1, 0.15) is 6.42 Å². The first-order chi connectivity index (χ1) is 8.95. The molecule has 1 aromatic rings. The molecule has 0 unspecified atom stereocenters. The maximum absolute atomic E-state index is 12.9. The molecule has 2 N–H and O–H groups in total. The molecule has 100 valence electrons. The Balaban J connectivity index is 1.96. The molecule has 1 saturated heterocycles. The van der Waals surface area contributed by atoms with E-state index in [0.29, 0.717) is 10.0 Å². The van der Waals surface area contributed by atoms with Crippen molar-refractivity contribution in [3.8, 4) is 0 Å². The molecule has 1 aliphatic rings. The zero-order valence-electron chi connectivity index (χ0n) is 9.41. The van der Waals surface area contributed by atoms with E-state index in [1.165, 1.54) is 12.1 Å². The fourth-order valence-electron chi connectivity index (χ4n) is 1.48. The fourth-order valence-corrected chi connectivity index (χ4v) is 2.93. The average molecular weight is 319 g/mol. The van der Waals surface area contributed by atoms with Crippen LogP contribution in [-0.4, -0.2) is 21.4 Å². The minimum atomic E-state index is -0.559. The van der Waals surface area contributed by atoms with E-state index in [2.05, 4.69) is 10.6 Å². The van der Waals surface area contributed by atoms with Gasteiger partial charge in [0, 0.05) is 12.1 Å². The Labute approximate surface area is 123 Å². The molecule has 1 heterocycles. The first-order valence-corrected chi connectivity index (χ1v) is 6.88. The minimum Gasteiger partial charge on any atom is -0.326 e. The van der Waals surface area contributed by atoms with Gasteiger partial charge < -0.3 is 10.6 Å². The number of rotatable bonds is 3. The summed E-state index contributed by atoms with van der Waals surface area (Å²) in [4.78, 5) is 23.1. The zero-order valence-corrected chi connectivity index (χ0v) is 11.8. The van der Waals surface area contributed by atoms with Gasteiger partial charge in [-0.1, -0.05) is 35.6 Å². The largest absolute Gasteiger partial charge is 0.326 e.